The third kappa shape index (κ3) is 3.85. The number of nitrogens with zero attached hydrogens (tertiary/aromatic N) is 3. The third-order valence-electron chi connectivity index (χ3n) is 3.32. The van der Waals surface area contributed by atoms with E-state index in [9.17, 15) is 4.79 Å². The summed E-state index contributed by atoms with van der Waals surface area (Å²) in [6.07, 6.45) is 0. The monoisotopic (exact) mass is 302 g/mol. The highest BCUT2D eigenvalue weighted by atomic mass is 16.5. The highest BCUT2D eigenvalue weighted by Gasteiger charge is 2.15. The van der Waals surface area contributed by atoms with E-state index in [0.717, 1.165) is 17.0 Å². The summed E-state index contributed by atoms with van der Waals surface area (Å²) < 4.78 is 7.65. The standard InChI is InChI=1S/C16H22N4O2/c1-12-14(10-17-11-15(21)19(2)3)16(20(4)18-12)22-13-8-6-5-7-9-13/h5-9,17H,10-11H2,1-4H3. The number of aromatic nitrogens is 2. The number of aryl methyl sites for hydroxylation is 2. The lowest BCUT2D eigenvalue weighted by Crippen LogP contribution is -2.32. The molecule has 1 N–H and O–H groups in total. The fourth-order valence-electron chi connectivity index (χ4n) is 2.06. The summed E-state index contributed by atoms with van der Waals surface area (Å²) >= 11 is 0. The van der Waals surface area contributed by atoms with Crippen LogP contribution in [0.15, 0.2) is 30.3 Å². The number of hydrogen-bond donors (Lipinski definition) is 1. The number of carbonyl (C=O) groups is 1. The molecule has 0 atom stereocenters. The Kier molecular flexibility index (Phi) is 5.16. The van der Waals surface area contributed by atoms with Crippen molar-refractivity contribution in [3.05, 3.63) is 41.6 Å². The topological polar surface area (TPSA) is 59.4 Å². The van der Waals surface area contributed by atoms with E-state index in [2.05, 4.69) is 10.4 Å². The number of amides is 1. The number of rotatable bonds is 6. The summed E-state index contributed by atoms with van der Waals surface area (Å²) in [7, 11) is 5.33. The average Bonchev–Trinajstić information content (AvgIpc) is 2.75. The molecule has 2 aromatic rings. The summed E-state index contributed by atoms with van der Waals surface area (Å²) in [4.78, 5) is 13.2. The molecule has 0 aliphatic carbocycles. The first-order valence-electron chi connectivity index (χ1n) is 7.15. The van der Waals surface area contributed by atoms with Gasteiger partial charge in [-0.1, -0.05) is 18.2 Å². The fourth-order valence-corrected chi connectivity index (χ4v) is 2.06. The van der Waals surface area contributed by atoms with E-state index in [4.69, 9.17) is 4.74 Å². The molecule has 6 heteroatoms. The summed E-state index contributed by atoms with van der Waals surface area (Å²) in [5.74, 6) is 1.48. The first-order valence-corrected chi connectivity index (χ1v) is 7.15. The van der Waals surface area contributed by atoms with Gasteiger partial charge in [-0.25, -0.2) is 4.68 Å². The SMILES string of the molecule is Cc1nn(C)c(Oc2ccccc2)c1CNCC(=O)N(C)C. The normalized spacial score (nSPS) is 10.5. The Hall–Kier alpha value is -2.34. The van der Waals surface area contributed by atoms with E-state index < -0.39 is 0 Å². The van der Waals surface area contributed by atoms with Gasteiger partial charge in [-0.15, -0.1) is 0 Å². The zero-order chi connectivity index (χ0) is 16.1. The van der Waals surface area contributed by atoms with Crippen molar-refractivity contribution in [2.75, 3.05) is 20.6 Å². The Morgan fingerprint density at radius 2 is 2.00 bits per heavy atom. The Balaban J connectivity index is 2.09. The van der Waals surface area contributed by atoms with Gasteiger partial charge in [0.05, 0.1) is 17.8 Å². The number of para-hydroxylation sites is 1. The highest BCUT2D eigenvalue weighted by Crippen LogP contribution is 2.26. The minimum Gasteiger partial charge on any atom is -0.439 e. The third-order valence-corrected chi connectivity index (χ3v) is 3.32. The minimum absolute atomic E-state index is 0.0343. The molecule has 118 valence electrons. The zero-order valence-corrected chi connectivity index (χ0v) is 13.5. The van der Waals surface area contributed by atoms with Crippen molar-refractivity contribution in [2.24, 2.45) is 7.05 Å². The van der Waals surface area contributed by atoms with Gasteiger partial charge in [0.25, 0.3) is 0 Å². The van der Waals surface area contributed by atoms with Gasteiger partial charge in [0, 0.05) is 27.7 Å². The van der Waals surface area contributed by atoms with Crippen molar-refractivity contribution in [1.82, 2.24) is 20.0 Å². The van der Waals surface area contributed by atoms with E-state index in [1.54, 1.807) is 23.7 Å². The molecule has 22 heavy (non-hydrogen) atoms. The van der Waals surface area contributed by atoms with E-state index >= 15 is 0 Å². The number of benzene rings is 1. The summed E-state index contributed by atoms with van der Waals surface area (Å²) in [6.45, 7) is 2.75. The molecule has 1 aromatic heterocycles. The van der Waals surface area contributed by atoms with Crippen LogP contribution in [-0.2, 0) is 18.4 Å². The number of hydrogen-bond acceptors (Lipinski definition) is 4. The van der Waals surface area contributed by atoms with Crippen molar-refractivity contribution in [1.29, 1.82) is 0 Å². The van der Waals surface area contributed by atoms with Crippen LogP contribution in [0.5, 0.6) is 11.6 Å². The molecule has 0 radical (unpaired) electrons. The van der Waals surface area contributed by atoms with E-state index in [-0.39, 0.29) is 12.5 Å². The maximum atomic E-state index is 11.6. The van der Waals surface area contributed by atoms with Gasteiger partial charge in [-0.3, -0.25) is 4.79 Å². The van der Waals surface area contributed by atoms with E-state index in [0.29, 0.717) is 12.4 Å². The fraction of sp³-hybridized carbons (Fsp3) is 0.375. The molecule has 0 saturated carbocycles. The maximum absolute atomic E-state index is 11.6. The van der Waals surface area contributed by atoms with E-state index in [1.165, 1.54) is 0 Å². The van der Waals surface area contributed by atoms with Crippen LogP contribution in [0.3, 0.4) is 0 Å². The molecule has 1 amide bonds. The smallest absolute Gasteiger partial charge is 0.236 e. The molecule has 6 nitrogen and oxygen atoms in total. The lowest BCUT2D eigenvalue weighted by Gasteiger charge is -2.12. The minimum atomic E-state index is 0.0343. The maximum Gasteiger partial charge on any atom is 0.236 e. The molecule has 0 bridgehead atoms. The highest BCUT2D eigenvalue weighted by molar-refractivity contribution is 5.77. The molecule has 2 rings (SSSR count). The van der Waals surface area contributed by atoms with E-state index in [1.807, 2.05) is 44.3 Å². The van der Waals surface area contributed by atoms with Crippen molar-refractivity contribution in [3.63, 3.8) is 0 Å². The molecule has 1 aromatic carbocycles. The van der Waals surface area contributed by atoms with Gasteiger partial charge in [0.2, 0.25) is 11.8 Å². The van der Waals surface area contributed by atoms with Gasteiger partial charge in [0.1, 0.15) is 5.75 Å². The van der Waals surface area contributed by atoms with Crippen LogP contribution in [0.4, 0.5) is 0 Å². The van der Waals surface area contributed by atoms with Gasteiger partial charge in [-0.05, 0) is 19.1 Å². The largest absolute Gasteiger partial charge is 0.439 e. The second-order valence-corrected chi connectivity index (χ2v) is 5.30. The first-order chi connectivity index (χ1) is 10.5. The van der Waals surface area contributed by atoms with Crippen LogP contribution in [0.2, 0.25) is 0 Å². The predicted molar refractivity (Wildman–Crippen MR) is 84.9 cm³/mol. The molecular formula is C16H22N4O2. The Labute approximate surface area is 130 Å². The second-order valence-electron chi connectivity index (χ2n) is 5.30. The van der Waals surface area contributed by atoms with Gasteiger partial charge < -0.3 is 15.0 Å². The number of ether oxygens (including phenoxy) is 1. The molecule has 0 aliphatic heterocycles. The molecule has 0 saturated heterocycles. The van der Waals surface area contributed by atoms with Gasteiger partial charge in [0.15, 0.2) is 0 Å². The molecule has 0 fully saturated rings. The van der Waals surface area contributed by atoms with Crippen LogP contribution in [0.25, 0.3) is 0 Å². The number of carbonyl (C=O) groups excluding carboxylic acids is 1. The van der Waals surface area contributed by atoms with Crippen molar-refractivity contribution < 1.29 is 9.53 Å². The van der Waals surface area contributed by atoms with Gasteiger partial charge >= 0.3 is 0 Å². The van der Waals surface area contributed by atoms with Crippen molar-refractivity contribution >= 4 is 5.91 Å². The van der Waals surface area contributed by atoms with Crippen LogP contribution in [0, 0.1) is 6.92 Å². The molecule has 0 aliphatic rings. The summed E-state index contributed by atoms with van der Waals surface area (Å²) in [5, 5.41) is 7.53. The van der Waals surface area contributed by atoms with Crippen molar-refractivity contribution in [2.45, 2.75) is 13.5 Å². The van der Waals surface area contributed by atoms with Crippen LogP contribution < -0.4 is 10.1 Å². The number of likely N-dealkylation sites (N-methyl/N-ethyl adjacent to an activating group) is 1. The molecule has 0 spiro atoms. The molecule has 0 unspecified atom stereocenters. The second kappa shape index (κ2) is 7.09. The van der Waals surface area contributed by atoms with Crippen LogP contribution in [-0.4, -0.2) is 41.2 Å². The Morgan fingerprint density at radius 3 is 2.64 bits per heavy atom. The average molecular weight is 302 g/mol. The summed E-state index contributed by atoms with van der Waals surface area (Å²) in [6, 6.07) is 9.58. The van der Waals surface area contributed by atoms with Crippen LogP contribution in [0.1, 0.15) is 11.3 Å². The first kappa shape index (κ1) is 16.0. The Morgan fingerprint density at radius 1 is 1.32 bits per heavy atom. The van der Waals surface area contributed by atoms with Crippen molar-refractivity contribution in [3.8, 4) is 11.6 Å². The quantitative estimate of drug-likeness (QED) is 0.882. The molecular weight excluding hydrogens is 280 g/mol. The van der Waals surface area contributed by atoms with Crippen LogP contribution >= 0.6 is 0 Å². The predicted octanol–water partition coefficient (Wildman–Crippen LogP) is 1.70. The summed E-state index contributed by atoms with van der Waals surface area (Å²) in [5.41, 5.74) is 1.84. The lowest BCUT2D eigenvalue weighted by molar-refractivity contribution is -0.127. The number of nitrogens with one attached hydrogen (secondary N) is 1. The lowest BCUT2D eigenvalue weighted by atomic mass is 10.2. The van der Waals surface area contributed by atoms with Gasteiger partial charge in [-0.2, -0.15) is 5.10 Å². The molecule has 1 heterocycles. The zero-order valence-electron chi connectivity index (χ0n) is 13.5. The Bertz CT molecular complexity index is 635.